The molecule has 1 atom stereocenters. The average Bonchev–Trinajstić information content (AvgIpc) is 2.79. The maximum absolute atomic E-state index is 3.80. The number of nitrogens with zero attached hydrogens (tertiary/aromatic N) is 2. The number of piperidine rings is 1. The molecule has 0 spiro atoms. The zero-order chi connectivity index (χ0) is 13.0. The van der Waals surface area contributed by atoms with Crippen LogP contribution < -0.4 is 5.32 Å². The lowest BCUT2D eigenvalue weighted by atomic mass is 9.90. The molecule has 0 saturated carbocycles. The van der Waals surface area contributed by atoms with Crippen LogP contribution in [0, 0.1) is 0 Å². The fraction of sp³-hybridized carbons (Fsp3) is 1.00. The molecule has 0 amide bonds. The molecule has 0 aromatic heterocycles. The van der Waals surface area contributed by atoms with E-state index in [1.807, 2.05) is 0 Å². The number of rotatable bonds is 5. The molecule has 1 unspecified atom stereocenters. The van der Waals surface area contributed by atoms with Gasteiger partial charge in [0.05, 0.1) is 0 Å². The van der Waals surface area contributed by atoms with Crippen molar-refractivity contribution < 1.29 is 0 Å². The van der Waals surface area contributed by atoms with Gasteiger partial charge in [0.25, 0.3) is 0 Å². The zero-order valence-corrected chi connectivity index (χ0v) is 12.5. The van der Waals surface area contributed by atoms with Gasteiger partial charge in [-0.3, -0.25) is 0 Å². The van der Waals surface area contributed by atoms with Gasteiger partial charge in [-0.15, -0.1) is 0 Å². The maximum atomic E-state index is 3.80. The first-order valence-electron chi connectivity index (χ1n) is 7.79. The van der Waals surface area contributed by atoms with E-state index in [1.165, 1.54) is 64.7 Å². The maximum Gasteiger partial charge on any atom is 0.0309 e. The van der Waals surface area contributed by atoms with Gasteiger partial charge in [0.15, 0.2) is 0 Å². The van der Waals surface area contributed by atoms with Crippen LogP contribution in [-0.2, 0) is 0 Å². The van der Waals surface area contributed by atoms with E-state index in [9.17, 15) is 0 Å². The third kappa shape index (κ3) is 3.46. The van der Waals surface area contributed by atoms with Crippen molar-refractivity contribution in [2.75, 3.05) is 40.3 Å². The summed E-state index contributed by atoms with van der Waals surface area (Å²) in [6, 6.07) is 0.803. The Kier molecular flexibility index (Phi) is 5.05. The molecule has 2 fully saturated rings. The van der Waals surface area contributed by atoms with Gasteiger partial charge in [0, 0.05) is 18.1 Å². The van der Waals surface area contributed by atoms with Crippen molar-refractivity contribution in [3.8, 4) is 0 Å². The van der Waals surface area contributed by atoms with Crippen molar-refractivity contribution in [3.63, 3.8) is 0 Å². The van der Waals surface area contributed by atoms with Gasteiger partial charge in [-0.1, -0.05) is 13.3 Å². The molecule has 2 heterocycles. The monoisotopic (exact) mass is 253 g/mol. The van der Waals surface area contributed by atoms with Crippen molar-refractivity contribution in [3.05, 3.63) is 0 Å². The Morgan fingerprint density at radius 3 is 2.61 bits per heavy atom. The van der Waals surface area contributed by atoms with Crippen LogP contribution in [-0.4, -0.2) is 61.7 Å². The number of likely N-dealkylation sites (tertiary alicyclic amines) is 1. The van der Waals surface area contributed by atoms with E-state index < -0.39 is 0 Å². The topological polar surface area (TPSA) is 18.5 Å². The van der Waals surface area contributed by atoms with Crippen LogP contribution in [0.1, 0.15) is 45.4 Å². The molecule has 0 aromatic carbocycles. The molecule has 3 heteroatoms. The summed E-state index contributed by atoms with van der Waals surface area (Å²) in [4.78, 5) is 5.10. The minimum Gasteiger partial charge on any atom is -0.310 e. The average molecular weight is 253 g/mol. The molecular weight excluding hydrogens is 222 g/mol. The van der Waals surface area contributed by atoms with Crippen molar-refractivity contribution in [2.24, 2.45) is 0 Å². The minimum atomic E-state index is 0.423. The Balaban J connectivity index is 1.86. The molecule has 0 aliphatic carbocycles. The summed E-state index contributed by atoms with van der Waals surface area (Å²) in [7, 11) is 4.58. The Bertz CT molecular complexity index is 240. The molecule has 106 valence electrons. The molecule has 2 rings (SSSR count). The van der Waals surface area contributed by atoms with Crippen LogP contribution in [0.2, 0.25) is 0 Å². The third-order valence-corrected chi connectivity index (χ3v) is 4.92. The molecule has 2 saturated heterocycles. The van der Waals surface area contributed by atoms with Crippen molar-refractivity contribution in [1.29, 1.82) is 0 Å². The first-order chi connectivity index (χ1) is 8.65. The van der Waals surface area contributed by atoms with Gasteiger partial charge < -0.3 is 15.1 Å². The standard InChI is InChI=1S/C15H31N3/c1-4-8-15(9-5-10-16-15)13-18(3)14-6-11-17(2)12-7-14/h14,16H,4-13H2,1-3H3. The lowest BCUT2D eigenvalue weighted by molar-refractivity contribution is 0.111. The van der Waals surface area contributed by atoms with E-state index in [1.54, 1.807) is 0 Å². The molecule has 0 bridgehead atoms. The highest BCUT2D eigenvalue weighted by atomic mass is 15.2. The second kappa shape index (κ2) is 6.36. The van der Waals surface area contributed by atoms with Crippen LogP contribution in [0.3, 0.4) is 0 Å². The molecule has 2 aliphatic heterocycles. The van der Waals surface area contributed by atoms with Gasteiger partial charge in [0.1, 0.15) is 0 Å². The molecule has 0 aromatic rings. The second-order valence-corrected chi connectivity index (χ2v) is 6.51. The van der Waals surface area contributed by atoms with Crippen molar-refractivity contribution in [1.82, 2.24) is 15.1 Å². The quantitative estimate of drug-likeness (QED) is 0.808. The summed E-state index contributed by atoms with van der Waals surface area (Å²) in [6.07, 6.45) is 8.06. The van der Waals surface area contributed by atoms with Gasteiger partial charge in [-0.05, 0) is 65.8 Å². The SMILES string of the molecule is CCCC1(CN(C)C2CCN(C)CC2)CCCN1. The van der Waals surface area contributed by atoms with Gasteiger partial charge >= 0.3 is 0 Å². The van der Waals surface area contributed by atoms with Gasteiger partial charge in [-0.25, -0.2) is 0 Å². The second-order valence-electron chi connectivity index (χ2n) is 6.51. The predicted octanol–water partition coefficient (Wildman–Crippen LogP) is 1.93. The normalized spacial score (nSPS) is 31.3. The summed E-state index contributed by atoms with van der Waals surface area (Å²) in [6.45, 7) is 7.32. The predicted molar refractivity (Wildman–Crippen MR) is 78.0 cm³/mol. The summed E-state index contributed by atoms with van der Waals surface area (Å²) in [5, 5.41) is 3.80. The summed E-state index contributed by atoms with van der Waals surface area (Å²) in [5.41, 5.74) is 0.423. The highest BCUT2D eigenvalue weighted by Gasteiger charge is 2.35. The fourth-order valence-electron chi connectivity index (χ4n) is 3.82. The fourth-order valence-corrected chi connectivity index (χ4v) is 3.82. The summed E-state index contributed by atoms with van der Waals surface area (Å²) < 4.78 is 0. The summed E-state index contributed by atoms with van der Waals surface area (Å²) >= 11 is 0. The number of nitrogens with one attached hydrogen (secondary N) is 1. The largest absolute Gasteiger partial charge is 0.310 e. The van der Waals surface area contributed by atoms with Crippen LogP contribution >= 0.6 is 0 Å². The van der Waals surface area contributed by atoms with Crippen LogP contribution in [0.15, 0.2) is 0 Å². The Labute approximate surface area is 113 Å². The van der Waals surface area contributed by atoms with Crippen molar-refractivity contribution in [2.45, 2.75) is 57.0 Å². The third-order valence-electron chi connectivity index (χ3n) is 4.92. The lowest BCUT2D eigenvalue weighted by Gasteiger charge is -2.40. The van der Waals surface area contributed by atoms with Gasteiger partial charge in [-0.2, -0.15) is 0 Å². The zero-order valence-electron chi connectivity index (χ0n) is 12.5. The summed E-state index contributed by atoms with van der Waals surface area (Å²) in [5.74, 6) is 0. The highest BCUT2D eigenvalue weighted by molar-refractivity contribution is 4.96. The van der Waals surface area contributed by atoms with E-state index in [-0.39, 0.29) is 0 Å². The molecular formula is C15H31N3. The molecule has 0 radical (unpaired) electrons. The van der Waals surface area contributed by atoms with Crippen LogP contribution in [0.5, 0.6) is 0 Å². The van der Waals surface area contributed by atoms with E-state index in [2.05, 4.69) is 36.1 Å². The molecule has 18 heavy (non-hydrogen) atoms. The minimum absolute atomic E-state index is 0.423. The number of hydrogen-bond acceptors (Lipinski definition) is 3. The van der Waals surface area contributed by atoms with E-state index in [0.29, 0.717) is 5.54 Å². The Morgan fingerprint density at radius 1 is 1.33 bits per heavy atom. The van der Waals surface area contributed by atoms with Crippen LogP contribution in [0.25, 0.3) is 0 Å². The van der Waals surface area contributed by atoms with E-state index >= 15 is 0 Å². The first kappa shape index (κ1) is 14.3. The highest BCUT2D eigenvalue weighted by Crippen LogP contribution is 2.27. The smallest absolute Gasteiger partial charge is 0.0309 e. The lowest BCUT2D eigenvalue weighted by Crippen LogP contribution is -2.53. The van der Waals surface area contributed by atoms with Crippen LogP contribution in [0.4, 0.5) is 0 Å². The van der Waals surface area contributed by atoms with E-state index in [0.717, 1.165) is 6.04 Å². The Hall–Kier alpha value is -0.120. The van der Waals surface area contributed by atoms with Gasteiger partial charge in [0.2, 0.25) is 0 Å². The molecule has 1 N–H and O–H groups in total. The Morgan fingerprint density at radius 2 is 2.06 bits per heavy atom. The number of hydrogen-bond donors (Lipinski definition) is 1. The van der Waals surface area contributed by atoms with E-state index in [4.69, 9.17) is 0 Å². The number of likely N-dealkylation sites (N-methyl/N-ethyl adjacent to an activating group) is 1. The molecule has 2 aliphatic rings. The molecule has 3 nitrogen and oxygen atoms in total. The first-order valence-corrected chi connectivity index (χ1v) is 7.79. The van der Waals surface area contributed by atoms with Crippen molar-refractivity contribution >= 4 is 0 Å².